The van der Waals surface area contributed by atoms with Gasteiger partial charge in [0, 0.05) is 32.5 Å². The third-order valence-electron chi connectivity index (χ3n) is 4.48. The fourth-order valence-electron chi connectivity index (χ4n) is 3.13. The number of aryl methyl sites for hydroxylation is 1. The maximum Gasteiger partial charge on any atom is 0.271 e. The van der Waals surface area contributed by atoms with Crippen molar-refractivity contribution in [3.63, 3.8) is 0 Å². The van der Waals surface area contributed by atoms with Gasteiger partial charge in [-0.25, -0.2) is 0 Å². The molecule has 0 bridgehead atoms. The van der Waals surface area contributed by atoms with Gasteiger partial charge in [0.25, 0.3) is 5.91 Å². The van der Waals surface area contributed by atoms with Crippen LogP contribution in [-0.2, 0) is 20.1 Å². The van der Waals surface area contributed by atoms with Crippen molar-refractivity contribution >= 4 is 27.5 Å². The topological polar surface area (TPSA) is 38.1 Å². The summed E-state index contributed by atoms with van der Waals surface area (Å²) in [6.07, 6.45) is 3.56. The molecule has 3 aromatic heterocycles. The normalized spacial score (nSPS) is 11.0. The van der Waals surface area contributed by atoms with Gasteiger partial charge in [-0.3, -0.25) is 9.78 Å². The lowest BCUT2D eigenvalue weighted by atomic mass is 10.2. The van der Waals surface area contributed by atoms with Gasteiger partial charge in [0.15, 0.2) is 0 Å². The van der Waals surface area contributed by atoms with Crippen molar-refractivity contribution in [3.8, 4) is 0 Å². The number of hydrogen-bond acceptors (Lipinski definition) is 3. The number of carbonyl (C=O) groups excluding carboxylic acids is 1. The van der Waals surface area contributed by atoms with Crippen LogP contribution in [-0.4, -0.2) is 20.4 Å². The van der Waals surface area contributed by atoms with Gasteiger partial charge in [-0.2, -0.15) is 0 Å². The van der Waals surface area contributed by atoms with E-state index in [1.807, 2.05) is 71.2 Å². The highest BCUT2D eigenvalue weighted by Gasteiger charge is 2.21. The molecule has 0 radical (unpaired) electrons. The minimum absolute atomic E-state index is 0.0311. The average Bonchev–Trinajstić information content (AvgIpc) is 3.25. The zero-order valence-electron chi connectivity index (χ0n) is 14.5. The monoisotopic (exact) mass is 361 g/mol. The van der Waals surface area contributed by atoms with Crippen LogP contribution < -0.4 is 0 Å². The lowest BCUT2D eigenvalue weighted by Crippen LogP contribution is -2.31. The molecule has 0 saturated heterocycles. The van der Waals surface area contributed by atoms with Crippen LogP contribution in [0.25, 0.3) is 10.2 Å². The second-order valence-electron chi connectivity index (χ2n) is 6.27. The molecule has 0 aliphatic carbocycles. The molecule has 0 N–H and O–H groups in total. The molecule has 0 aliphatic rings. The Kier molecular flexibility index (Phi) is 4.54. The van der Waals surface area contributed by atoms with Gasteiger partial charge in [0.05, 0.1) is 10.2 Å². The second-order valence-corrected chi connectivity index (χ2v) is 7.21. The lowest BCUT2D eigenvalue weighted by Gasteiger charge is -2.23. The predicted molar refractivity (Wildman–Crippen MR) is 105 cm³/mol. The summed E-state index contributed by atoms with van der Waals surface area (Å²) in [6.45, 7) is 1.09. The van der Waals surface area contributed by atoms with Gasteiger partial charge < -0.3 is 9.47 Å². The summed E-state index contributed by atoms with van der Waals surface area (Å²) in [7, 11) is 1.95. The Labute approximate surface area is 156 Å². The summed E-state index contributed by atoms with van der Waals surface area (Å²) in [5.74, 6) is 0.0311. The molecule has 0 atom stereocenters. The maximum atomic E-state index is 13.3. The molecule has 3 heterocycles. The summed E-state index contributed by atoms with van der Waals surface area (Å²) in [5, 5.41) is 2.05. The SMILES string of the molecule is Cn1c(C(=O)N(Cc2ccccc2)Cc2cccnc2)cc2sccc21. The van der Waals surface area contributed by atoms with Crippen LogP contribution in [0.3, 0.4) is 0 Å². The quantitative estimate of drug-likeness (QED) is 0.526. The lowest BCUT2D eigenvalue weighted by molar-refractivity contribution is 0.0720. The average molecular weight is 361 g/mol. The van der Waals surface area contributed by atoms with Crippen molar-refractivity contribution in [1.29, 1.82) is 0 Å². The van der Waals surface area contributed by atoms with Crippen molar-refractivity contribution in [1.82, 2.24) is 14.5 Å². The van der Waals surface area contributed by atoms with Crippen LogP contribution >= 0.6 is 11.3 Å². The largest absolute Gasteiger partial charge is 0.339 e. The Morgan fingerprint density at radius 3 is 2.58 bits per heavy atom. The van der Waals surface area contributed by atoms with Gasteiger partial charge in [0.2, 0.25) is 0 Å². The number of fused-ring (bicyclic) bond motifs is 1. The molecule has 4 nitrogen and oxygen atoms in total. The first kappa shape index (κ1) is 16.5. The second kappa shape index (κ2) is 7.14. The zero-order valence-corrected chi connectivity index (χ0v) is 15.3. The van der Waals surface area contributed by atoms with Crippen molar-refractivity contribution in [2.45, 2.75) is 13.1 Å². The highest BCUT2D eigenvalue weighted by Crippen LogP contribution is 2.25. The molecule has 5 heteroatoms. The third kappa shape index (κ3) is 3.26. The van der Waals surface area contributed by atoms with E-state index in [4.69, 9.17) is 0 Å². The first-order valence-electron chi connectivity index (χ1n) is 8.47. The molecule has 1 aromatic carbocycles. The molecule has 0 aliphatic heterocycles. The molecule has 4 rings (SSSR count). The van der Waals surface area contributed by atoms with Crippen LogP contribution in [0, 0.1) is 0 Å². The van der Waals surface area contributed by atoms with Gasteiger partial charge >= 0.3 is 0 Å². The van der Waals surface area contributed by atoms with Crippen LogP contribution in [0.15, 0.2) is 72.4 Å². The van der Waals surface area contributed by atoms with Crippen molar-refractivity contribution in [3.05, 3.63) is 89.2 Å². The van der Waals surface area contributed by atoms with Crippen LogP contribution in [0.5, 0.6) is 0 Å². The fourth-order valence-corrected chi connectivity index (χ4v) is 3.98. The molecule has 1 amide bonds. The van der Waals surface area contributed by atoms with Crippen molar-refractivity contribution in [2.75, 3.05) is 0 Å². The Morgan fingerprint density at radius 2 is 1.85 bits per heavy atom. The molecule has 0 unspecified atom stereocenters. The van der Waals surface area contributed by atoms with Crippen molar-refractivity contribution < 1.29 is 4.79 Å². The minimum atomic E-state index is 0.0311. The highest BCUT2D eigenvalue weighted by atomic mass is 32.1. The highest BCUT2D eigenvalue weighted by molar-refractivity contribution is 7.17. The summed E-state index contributed by atoms with van der Waals surface area (Å²) in [6, 6.07) is 18.0. The van der Waals surface area contributed by atoms with Gasteiger partial charge in [-0.15, -0.1) is 11.3 Å². The Morgan fingerprint density at radius 1 is 1.08 bits per heavy atom. The first-order chi connectivity index (χ1) is 12.7. The molecular formula is C21H19N3OS. The number of nitrogens with zero attached hydrogens (tertiary/aromatic N) is 3. The van der Waals surface area contributed by atoms with Gasteiger partial charge in [-0.1, -0.05) is 36.4 Å². The summed E-state index contributed by atoms with van der Waals surface area (Å²) in [4.78, 5) is 19.4. The van der Waals surface area contributed by atoms with E-state index < -0.39 is 0 Å². The number of pyridine rings is 1. The number of rotatable bonds is 5. The first-order valence-corrected chi connectivity index (χ1v) is 9.35. The van der Waals surface area contributed by atoms with E-state index in [0.717, 1.165) is 21.3 Å². The molecule has 26 heavy (non-hydrogen) atoms. The van der Waals surface area contributed by atoms with E-state index in [-0.39, 0.29) is 5.91 Å². The number of aromatic nitrogens is 2. The summed E-state index contributed by atoms with van der Waals surface area (Å²) in [5.41, 5.74) is 3.94. The zero-order chi connectivity index (χ0) is 17.9. The number of thiophene rings is 1. The van der Waals surface area contributed by atoms with E-state index >= 15 is 0 Å². The van der Waals surface area contributed by atoms with Gasteiger partial charge in [-0.05, 0) is 34.7 Å². The standard InChI is InChI=1S/C21H19N3OS/c1-23-18-9-11-26-20(18)12-19(23)21(25)24(14-16-6-3-2-4-7-16)15-17-8-5-10-22-13-17/h2-13H,14-15H2,1H3. The van der Waals surface area contributed by atoms with Crippen LogP contribution in [0.4, 0.5) is 0 Å². The van der Waals surface area contributed by atoms with E-state index in [1.54, 1.807) is 17.5 Å². The van der Waals surface area contributed by atoms with E-state index in [1.165, 1.54) is 0 Å². The third-order valence-corrected chi connectivity index (χ3v) is 5.34. The van der Waals surface area contributed by atoms with Crippen molar-refractivity contribution in [2.24, 2.45) is 7.05 Å². The summed E-state index contributed by atoms with van der Waals surface area (Å²) < 4.78 is 3.12. The van der Waals surface area contributed by atoms with E-state index in [2.05, 4.69) is 16.4 Å². The van der Waals surface area contributed by atoms with Gasteiger partial charge in [0.1, 0.15) is 5.69 Å². The minimum Gasteiger partial charge on any atom is -0.339 e. The van der Waals surface area contributed by atoms with Crippen LogP contribution in [0.1, 0.15) is 21.6 Å². The Balaban J connectivity index is 1.67. The fraction of sp³-hybridized carbons (Fsp3) is 0.143. The molecule has 4 aromatic rings. The van der Waals surface area contributed by atoms with Crippen LogP contribution in [0.2, 0.25) is 0 Å². The smallest absolute Gasteiger partial charge is 0.271 e. The predicted octanol–water partition coefficient (Wildman–Crippen LogP) is 4.48. The number of hydrogen-bond donors (Lipinski definition) is 0. The molecular weight excluding hydrogens is 342 g/mol. The molecule has 0 saturated carbocycles. The summed E-state index contributed by atoms with van der Waals surface area (Å²) >= 11 is 1.66. The molecule has 130 valence electrons. The number of carbonyl (C=O) groups is 1. The molecule has 0 spiro atoms. The molecule has 0 fully saturated rings. The van der Waals surface area contributed by atoms with E-state index in [0.29, 0.717) is 18.8 Å². The number of amides is 1. The Bertz CT molecular complexity index is 980. The number of benzene rings is 1. The maximum absolute atomic E-state index is 13.3. The van der Waals surface area contributed by atoms with E-state index in [9.17, 15) is 4.79 Å². The Hall–Kier alpha value is -2.92.